The monoisotopic (exact) mass is 507 g/mol. The van der Waals surface area contributed by atoms with Gasteiger partial charge in [0.15, 0.2) is 0 Å². The average Bonchev–Trinajstić information content (AvgIpc) is 2.94. The second kappa shape index (κ2) is 12.1. The predicted molar refractivity (Wildman–Crippen MR) is 154 cm³/mol. The molecule has 0 fully saturated rings. The van der Waals surface area contributed by atoms with Crippen molar-refractivity contribution in [3.63, 3.8) is 0 Å². The van der Waals surface area contributed by atoms with Gasteiger partial charge in [-0.3, -0.25) is 9.59 Å². The van der Waals surface area contributed by atoms with Gasteiger partial charge in [0.25, 0.3) is 11.8 Å². The Balaban J connectivity index is 1.42. The van der Waals surface area contributed by atoms with Gasteiger partial charge in [-0.05, 0) is 79.1 Å². The third-order valence-corrected chi connectivity index (χ3v) is 6.31. The number of hydrogen-bond donors (Lipinski definition) is 2. The summed E-state index contributed by atoms with van der Waals surface area (Å²) >= 11 is 0. The minimum atomic E-state index is -0.239. The fourth-order valence-electron chi connectivity index (χ4n) is 4.06. The van der Waals surface area contributed by atoms with E-state index in [9.17, 15) is 9.59 Å². The Morgan fingerprint density at radius 3 is 2.18 bits per heavy atom. The number of aryl methyl sites for hydroxylation is 1. The number of ether oxygens (including phenoxy) is 1. The molecule has 0 aliphatic heterocycles. The highest BCUT2D eigenvalue weighted by Crippen LogP contribution is 2.26. The summed E-state index contributed by atoms with van der Waals surface area (Å²) in [6.07, 6.45) is 0.779. The van der Waals surface area contributed by atoms with E-state index in [1.165, 1.54) is 0 Å². The largest absolute Gasteiger partial charge is 0.486 e. The number of nitrogens with one attached hydrogen (secondary N) is 2. The highest BCUT2D eigenvalue weighted by molar-refractivity contribution is 6.07. The van der Waals surface area contributed by atoms with Crippen LogP contribution in [0, 0.1) is 6.92 Å². The number of carbonyl (C=O) groups excluding carboxylic acids is 2. The molecule has 0 bridgehead atoms. The smallest absolute Gasteiger partial charge is 0.255 e. The van der Waals surface area contributed by atoms with E-state index in [0.29, 0.717) is 28.3 Å². The maximum absolute atomic E-state index is 13.0. The second-order valence-corrected chi connectivity index (χ2v) is 9.33. The summed E-state index contributed by atoms with van der Waals surface area (Å²) in [6.45, 7) is 3.99. The van der Waals surface area contributed by atoms with Crippen molar-refractivity contribution < 1.29 is 14.3 Å². The van der Waals surface area contributed by atoms with Gasteiger partial charge in [-0.25, -0.2) is 0 Å². The Hall–Kier alpha value is -4.58. The van der Waals surface area contributed by atoms with Crippen LogP contribution in [0.1, 0.15) is 51.3 Å². The van der Waals surface area contributed by atoms with Crippen molar-refractivity contribution in [3.8, 4) is 5.75 Å². The van der Waals surface area contributed by atoms with Gasteiger partial charge in [0.2, 0.25) is 0 Å². The molecule has 0 saturated heterocycles. The summed E-state index contributed by atoms with van der Waals surface area (Å²) in [5.74, 6) is 0.250. The highest BCUT2D eigenvalue weighted by Gasteiger charge is 2.14. The van der Waals surface area contributed by atoms with Crippen molar-refractivity contribution in [3.05, 3.63) is 119 Å². The number of rotatable bonds is 9. The molecule has 0 aromatic heterocycles. The van der Waals surface area contributed by atoms with Crippen molar-refractivity contribution in [2.45, 2.75) is 26.4 Å². The molecule has 2 amide bonds. The van der Waals surface area contributed by atoms with E-state index in [2.05, 4.69) is 29.7 Å². The van der Waals surface area contributed by atoms with Crippen LogP contribution < -0.4 is 20.3 Å². The Morgan fingerprint density at radius 1 is 0.789 bits per heavy atom. The van der Waals surface area contributed by atoms with Crippen LogP contribution in [0.4, 0.5) is 17.1 Å². The van der Waals surface area contributed by atoms with E-state index in [1.54, 1.807) is 24.3 Å². The first-order valence-corrected chi connectivity index (χ1v) is 12.7. The van der Waals surface area contributed by atoms with Gasteiger partial charge in [-0.1, -0.05) is 49.4 Å². The van der Waals surface area contributed by atoms with E-state index < -0.39 is 0 Å². The van der Waals surface area contributed by atoms with Crippen LogP contribution in [0.3, 0.4) is 0 Å². The van der Waals surface area contributed by atoms with E-state index >= 15 is 0 Å². The van der Waals surface area contributed by atoms with Gasteiger partial charge >= 0.3 is 0 Å². The van der Waals surface area contributed by atoms with Crippen molar-refractivity contribution in [1.82, 2.24) is 0 Å². The maximum atomic E-state index is 13.0. The van der Waals surface area contributed by atoms with Gasteiger partial charge in [0.05, 0.1) is 0 Å². The van der Waals surface area contributed by atoms with Gasteiger partial charge in [0, 0.05) is 42.3 Å². The molecule has 6 heteroatoms. The first-order valence-electron chi connectivity index (χ1n) is 12.7. The van der Waals surface area contributed by atoms with E-state index in [1.807, 2.05) is 86.6 Å². The summed E-state index contributed by atoms with van der Waals surface area (Å²) in [7, 11) is 3.86. The van der Waals surface area contributed by atoms with Crippen molar-refractivity contribution in [1.29, 1.82) is 0 Å². The topological polar surface area (TPSA) is 70.7 Å². The van der Waals surface area contributed by atoms with Gasteiger partial charge < -0.3 is 20.3 Å². The summed E-state index contributed by atoms with van der Waals surface area (Å²) in [5, 5.41) is 5.89. The van der Waals surface area contributed by atoms with Crippen molar-refractivity contribution >= 4 is 28.9 Å². The van der Waals surface area contributed by atoms with Gasteiger partial charge in [0.1, 0.15) is 11.9 Å². The standard InChI is InChI=1S/C32H33N3O3/c1-5-30(23-10-7-6-8-11-23)38-28-18-15-24(16-19-28)31(36)34-29-21-26(17-14-22(29)2)33-32(37)25-12-9-13-27(20-25)35(3)4/h6-21,30H,5H2,1-4H3,(H,33,37)(H,34,36)/t30-/m1/s1. The lowest BCUT2D eigenvalue weighted by Gasteiger charge is -2.18. The number of carbonyl (C=O) groups is 2. The summed E-state index contributed by atoms with van der Waals surface area (Å²) < 4.78 is 6.16. The molecule has 0 saturated carbocycles. The Bertz CT molecular complexity index is 1400. The molecule has 4 aromatic carbocycles. The van der Waals surface area contributed by atoms with Gasteiger partial charge in [-0.15, -0.1) is 0 Å². The first kappa shape index (κ1) is 26.5. The lowest BCUT2D eigenvalue weighted by molar-refractivity contribution is 0.101. The van der Waals surface area contributed by atoms with Crippen molar-refractivity contribution in [2.24, 2.45) is 0 Å². The predicted octanol–water partition coefficient (Wildman–Crippen LogP) is 7.10. The average molecular weight is 508 g/mol. The number of nitrogens with zero attached hydrogens (tertiary/aromatic N) is 1. The zero-order chi connectivity index (χ0) is 27.1. The SMILES string of the molecule is CC[C@@H](Oc1ccc(C(=O)Nc2cc(NC(=O)c3cccc(N(C)C)c3)ccc2C)cc1)c1ccccc1. The second-order valence-electron chi connectivity index (χ2n) is 9.33. The Labute approximate surface area is 224 Å². The Morgan fingerprint density at radius 2 is 1.50 bits per heavy atom. The minimum absolute atomic E-state index is 0.0539. The fraction of sp³-hybridized carbons (Fsp3) is 0.188. The first-order chi connectivity index (χ1) is 18.3. The maximum Gasteiger partial charge on any atom is 0.255 e. The van der Waals surface area contributed by atoms with Gasteiger partial charge in [-0.2, -0.15) is 0 Å². The third kappa shape index (κ3) is 6.59. The third-order valence-electron chi connectivity index (χ3n) is 6.31. The normalized spacial score (nSPS) is 11.4. The molecule has 194 valence electrons. The molecule has 4 aromatic rings. The number of amides is 2. The quantitative estimate of drug-likeness (QED) is 0.254. The molecule has 38 heavy (non-hydrogen) atoms. The van der Waals surface area contributed by atoms with Crippen LogP contribution in [-0.4, -0.2) is 25.9 Å². The molecule has 1 atom stereocenters. The molecule has 0 spiro atoms. The number of hydrogen-bond acceptors (Lipinski definition) is 4. The number of benzene rings is 4. The highest BCUT2D eigenvalue weighted by atomic mass is 16.5. The fourth-order valence-corrected chi connectivity index (χ4v) is 4.06. The molecule has 0 radical (unpaired) electrons. The number of anilines is 3. The lowest BCUT2D eigenvalue weighted by atomic mass is 10.1. The molecule has 2 N–H and O–H groups in total. The molecule has 4 rings (SSSR count). The molecule has 0 heterocycles. The van der Waals surface area contributed by atoms with Crippen LogP contribution in [0.15, 0.2) is 97.1 Å². The van der Waals surface area contributed by atoms with Crippen LogP contribution in [0.2, 0.25) is 0 Å². The Kier molecular flexibility index (Phi) is 8.44. The molecule has 0 aliphatic carbocycles. The molecular formula is C32H33N3O3. The summed E-state index contributed by atoms with van der Waals surface area (Å²) in [5.41, 5.74) is 5.24. The minimum Gasteiger partial charge on any atom is -0.486 e. The lowest BCUT2D eigenvalue weighted by Crippen LogP contribution is -2.15. The molecule has 6 nitrogen and oxygen atoms in total. The molecule has 0 aliphatic rings. The summed E-state index contributed by atoms with van der Waals surface area (Å²) in [6, 6.07) is 30.1. The molecule has 0 unspecified atom stereocenters. The van der Waals surface area contributed by atoms with Crippen LogP contribution in [0.5, 0.6) is 5.75 Å². The van der Waals surface area contributed by atoms with E-state index in [4.69, 9.17) is 4.74 Å². The zero-order valence-corrected chi connectivity index (χ0v) is 22.2. The zero-order valence-electron chi connectivity index (χ0n) is 22.2. The summed E-state index contributed by atoms with van der Waals surface area (Å²) in [4.78, 5) is 27.8. The van der Waals surface area contributed by atoms with E-state index in [0.717, 1.165) is 23.2 Å². The van der Waals surface area contributed by atoms with Crippen molar-refractivity contribution in [2.75, 3.05) is 29.6 Å². The van der Waals surface area contributed by atoms with Crippen LogP contribution in [-0.2, 0) is 0 Å². The van der Waals surface area contributed by atoms with Crippen LogP contribution >= 0.6 is 0 Å². The van der Waals surface area contributed by atoms with Crippen LogP contribution in [0.25, 0.3) is 0 Å². The van der Waals surface area contributed by atoms with E-state index in [-0.39, 0.29) is 17.9 Å². The molecular weight excluding hydrogens is 474 g/mol.